The van der Waals surface area contributed by atoms with Crippen molar-refractivity contribution in [3.8, 4) is 0 Å². The number of fused-ring (bicyclic) bond motifs is 1. The summed E-state index contributed by atoms with van der Waals surface area (Å²) in [5.74, 6) is -1.20. The molecule has 0 saturated heterocycles. The highest BCUT2D eigenvalue weighted by atomic mass is 32.1. The number of hydrogen-bond acceptors (Lipinski definition) is 3. The van der Waals surface area contributed by atoms with Crippen molar-refractivity contribution in [2.45, 2.75) is 0 Å². The Morgan fingerprint density at radius 2 is 2.23 bits per heavy atom. The minimum absolute atomic E-state index is 0.217. The van der Waals surface area contributed by atoms with Gasteiger partial charge in [-0.25, -0.2) is 4.79 Å². The smallest absolute Gasteiger partial charge is 0.341 e. The van der Waals surface area contributed by atoms with Crippen LogP contribution in [0.2, 0.25) is 0 Å². The number of aromatic amines is 1. The van der Waals surface area contributed by atoms with Crippen LogP contribution in [0.5, 0.6) is 0 Å². The van der Waals surface area contributed by atoms with Crippen molar-refractivity contribution in [1.29, 1.82) is 0 Å². The molecule has 2 N–H and O–H groups in total. The second kappa shape index (κ2) is 2.70. The molecule has 0 saturated carbocycles. The molecule has 13 heavy (non-hydrogen) atoms. The Balaban J connectivity index is 2.89. The van der Waals surface area contributed by atoms with Crippen molar-refractivity contribution in [1.82, 2.24) is 4.98 Å². The predicted molar refractivity (Wildman–Crippen MR) is 49.4 cm³/mol. The van der Waals surface area contributed by atoms with E-state index in [-0.39, 0.29) is 5.56 Å². The standard InChI is InChI=1S/C8H5NO3S/c10-7-4(8(11)12)1-9-6-3-13-2-5(6)7/h1-3,9H,(H,11,12). The van der Waals surface area contributed by atoms with Crippen LogP contribution < -0.4 is 5.43 Å². The maximum atomic E-state index is 11.4. The van der Waals surface area contributed by atoms with Crippen molar-refractivity contribution >= 4 is 28.2 Å². The molecule has 0 aliphatic heterocycles. The number of nitrogens with one attached hydrogen (secondary N) is 1. The van der Waals surface area contributed by atoms with Crippen LogP contribution in [0.1, 0.15) is 10.4 Å². The minimum atomic E-state index is -1.20. The van der Waals surface area contributed by atoms with E-state index in [0.29, 0.717) is 10.9 Å². The lowest BCUT2D eigenvalue weighted by Gasteiger charge is -1.93. The first-order valence-electron chi connectivity index (χ1n) is 3.51. The van der Waals surface area contributed by atoms with Gasteiger partial charge in [-0.05, 0) is 0 Å². The molecule has 2 rings (SSSR count). The Hall–Kier alpha value is -1.62. The van der Waals surface area contributed by atoms with E-state index in [9.17, 15) is 9.59 Å². The minimum Gasteiger partial charge on any atom is -0.477 e. The maximum absolute atomic E-state index is 11.4. The van der Waals surface area contributed by atoms with Crippen molar-refractivity contribution in [3.63, 3.8) is 0 Å². The summed E-state index contributed by atoms with van der Waals surface area (Å²) in [5, 5.41) is 12.5. The number of pyridine rings is 1. The topological polar surface area (TPSA) is 70.2 Å². The van der Waals surface area contributed by atoms with Gasteiger partial charge in [0, 0.05) is 17.0 Å². The quantitative estimate of drug-likeness (QED) is 0.720. The third kappa shape index (κ3) is 1.13. The molecule has 0 amide bonds. The largest absolute Gasteiger partial charge is 0.477 e. The van der Waals surface area contributed by atoms with Gasteiger partial charge in [-0.3, -0.25) is 4.79 Å². The SMILES string of the molecule is O=C(O)c1c[nH]c2cscc2c1=O. The summed E-state index contributed by atoms with van der Waals surface area (Å²) in [4.78, 5) is 24.8. The fourth-order valence-corrected chi connectivity index (χ4v) is 1.87. The molecule has 0 aliphatic carbocycles. The van der Waals surface area contributed by atoms with E-state index in [1.165, 1.54) is 17.5 Å². The van der Waals surface area contributed by atoms with Gasteiger partial charge in [0.05, 0.1) is 10.9 Å². The number of H-pyrrole nitrogens is 1. The van der Waals surface area contributed by atoms with E-state index in [2.05, 4.69) is 4.98 Å². The number of carboxylic acids is 1. The normalized spacial score (nSPS) is 10.5. The number of aromatic carboxylic acids is 1. The highest BCUT2D eigenvalue weighted by Crippen LogP contribution is 2.12. The second-order valence-electron chi connectivity index (χ2n) is 2.54. The van der Waals surface area contributed by atoms with Gasteiger partial charge in [-0.15, -0.1) is 11.3 Å². The van der Waals surface area contributed by atoms with Crippen LogP contribution in [0.25, 0.3) is 10.9 Å². The van der Waals surface area contributed by atoms with Gasteiger partial charge in [0.1, 0.15) is 5.56 Å². The molecule has 5 heteroatoms. The molecule has 2 aromatic heterocycles. The number of carbonyl (C=O) groups is 1. The van der Waals surface area contributed by atoms with Crippen molar-refractivity contribution < 1.29 is 9.90 Å². The van der Waals surface area contributed by atoms with Gasteiger partial charge in [-0.2, -0.15) is 0 Å². The summed E-state index contributed by atoms with van der Waals surface area (Å²) in [6.07, 6.45) is 1.22. The van der Waals surface area contributed by atoms with Crippen LogP contribution in [-0.4, -0.2) is 16.1 Å². The lowest BCUT2D eigenvalue weighted by molar-refractivity contribution is 0.0695. The van der Waals surface area contributed by atoms with Crippen molar-refractivity contribution in [2.24, 2.45) is 0 Å². The van der Waals surface area contributed by atoms with Gasteiger partial charge in [0.15, 0.2) is 0 Å². The van der Waals surface area contributed by atoms with Crippen LogP contribution in [0.15, 0.2) is 21.8 Å². The summed E-state index contributed by atoms with van der Waals surface area (Å²) in [6.45, 7) is 0. The zero-order valence-corrected chi connectivity index (χ0v) is 7.22. The summed E-state index contributed by atoms with van der Waals surface area (Å²) >= 11 is 1.36. The number of hydrogen-bond donors (Lipinski definition) is 2. The summed E-state index contributed by atoms with van der Waals surface area (Å²) < 4.78 is 0. The molecule has 0 spiro atoms. The molecular weight excluding hydrogens is 190 g/mol. The third-order valence-corrected chi connectivity index (χ3v) is 2.50. The van der Waals surface area contributed by atoms with E-state index in [1.807, 2.05) is 0 Å². The van der Waals surface area contributed by atoms with E-state index in [0.717, 1.165) is 0 Å². The summed E-state index contributed by atoms with van der Waals surface area (Å²) in [6, 6.07) is 0. The Morgan fingerprint density at radius 1 is 1.46 bits per heavy atom. The summed E-state index contributed by atoms with van der Waals surface area (Å²) in [7, 11) is 0. The van der Waals surface area contributed by atoms with Crippen LogP contribution in [-0.2, 0) is 0 Å². The molecular formula is C8H5NO3S. The molecule has 0 aromatic carbocycles. The Morgan fingerprint density at radius 3 is 2.92 bits per heavy atom. The molecule has 0 fully saturated rings. The second-order valence-corrected chi connectivity index (χ2v) is 3.28. The van der Waals surface area contributed by atoms with Crippen LogP contribution >= 0.6 is 11.3 Å². The molecule has 2 heterocycles. The molecule has 4 nitrogen and oxygen atoms in total. The highest BCUT2D eigenvalue weighted by Gasteiger charge is 2.10. The number of rotatable bonds is 1. The number of carboxylic acid groups (broad SMARTS) is 1. The van der Waals surface area contributed by atoms with E-state index in [1.54, 1.807) is 10.8 Å². The van der Waals surface area contributed by atoms with Crippen LogP contribution in [0.3, 0.4) is 0 Å². The Labute approximate surface area is 76.5 Å². The average Bonchev–Trinajstić information content (AvgIpc) is 2.52. The molecule has 0 atom stereocenters. The molecule has 0 radical (unpaired) electrons. The lowest BCUT2D eigenvalue weighted by Crippen LogP contribution is -2.14. The van der Waals surface area contributed by atoms with E-state index < -0.39 is 11.4 Å². The maximum Gasteiger partial charge on any atom is 0.341 e. The molecule has 0 bridgehead atoms. The summed E-state index contributed by atoms with van der Waals surface area (Å²) in [5.41, 5.74) is 0.0356. The van der Waals surface area contributed by atoms with Crippen LogP contribution in [0, 0.1) is 0 Å². The zero-order chi connectivity index (χ0) is 9.42. The number of aromatic nitrogens is 1. The highest BCUT2D eigenvalue weighted by molar-refractivity contribution is 7.09. The molecule has 66 valence electrons. The zero-order valence-electron chi connectivity index (χ0n) is 6.40. The van der Waals surface area contributed by atoms with Gasteiger partial charge >= 0.3 is 5.97 Å². The van der Waals surface area contributed by atoms with Crippen LogP contribution in [0.4, 0.5) is 0 Å². The average molecular weight is 195 g/mol. The first-order valence-corrected chi connectivity index (χ1v) is 4.45. The Kier molecular flexibility index (Phi) is 1.66. The van der Waals surface area contributed by atoms with Gasteiger partial charge in [-0.1, -0.05) is 0 Å². The lowest BCUT2D eigenvalue weighted by atomic mass is 10.2. The van der Waals surface area contributed by atoms with E-state index >= 15 is 0 Å². The van der Waals surface area contributed by atoms with Crippen molar-refractivity contribution in [2.75, 3.05) is 0 Å². The fourth-order valence-electron chi connectivity index (χ4n) is 1.10. The Bertz CT molecular complexity index is 525. The molecule has 0 aliphatic rings. The number of thiophene rings is 1. The molecule has 0 unspecified atom stereocenters. The molecule has 2 aromatic rings. The fraction of sp³-hybridized carbons (Fsp3) is 0. The van der Waals surface area contributed by atoms with Gasteiger partial charge in [0.25, 0.3) is 0 Å². The first kappa shape index (κ1) is 8.00. The van der Waals surface area contributed by atoms with Gasteiger partial charge in [0.2, 0.25) is 5.43 Å². The predicted octanol–water partition coefficient (Wildman–Crippen LogP) is 1.29. The first-order chi connectivity index (χ1) is 6.20. The third-order valence-electron chi connectivity index (χ3n) is 1.75. The van der Waals surface area contributed by atoms with E-state index in [4.69, 9.17) is 5.11 Å². The monoisotopic (exact) mass is 195 g/mol. The van der Waals surface area contributed by atoms with Gasteiger partial charge < -0.3 is 10.1 Å². The van der Waals surface area contributed by atoms with Crippen molar-refractivity contribution in [3.05, 3.63) is 32.7 Å².